The number of aliphatic hydroxyl groups excluding tert-OH is 1. The third-order valence-electron chi connectivity index (χ3n) is 4.32. The van der Waals surface area contributed by atoms with Crippen LogP contribution in [0.1, 0.15) is 78.1 Å². The molecule has 0 fully saturated rings. The molecule has 0 aliphatic carbocycles. The smallest absolute Gasteiger partial charge is 0.210 e. The Kier molecular flexibility index (Phi) is 11.5. The molecule has 0 spiro atoms. The Morgan fingerprint density at radius 2 is 1.52 bits per heavy atom. The van der Waals surface area contributed by atoms with Gasteiger partial charge in [-0.1, -0.05) is 70.1 Å². The second-order valence-corrected chi connectivity index (χ2v) is 6.81. The summed E-state index contributed by atoms with van der Waals surface area (Å²) in [7, 11) is 0. The topological polar surface area (TPSA) is 58.9 Å². The summed E-state index contributed by atoms with van der Waals surface area (Å²) in [6.07, 6.45) is 9.81. The summed E-state index contributed by atoms with van der Waals surface area (Å²) in [6.45, 7) is 4.06. The van der Waals surface area contributed by atoms with Crippen LogP contribution in [0.15, 0.2) is 30.3 Å². The largest absolute Gasteiger partial charge is 0.462 e. The van der Waals surface area contributed by atoms with Gasteiger partial charge in [-0.15, -0.1) is 0 Å². The molecule has 0 bridgehead atoms. The lowest BCUT2D eigenvalue weighted by Crippen LogP contribution is -2.37. The Hall–Kier alpha value is -1.10. The highest BCUT2D eigenvalue weighted by molar-refractivity contribution is 5.21. The summed E-state index contributed by atoms with van der Waals surface area (Å²) in [5.74, 6) is -0.597. The molecule has 0 saturated heterocycles. The minimum Gasteiger partial charge on any atom is -0.462 e. The summed E-state index contributed by atoms with van der Waals surface area (Å²) in [4.78, 5) is 0. The number of aliphatic hydroxyl groups is 2. The predicted octanol–water partition coefficient (Wildman–Crippen LogP) is 5.03. The van der Waals surface area contributed by atoms with Crippen LogP contribution in [0.25, 0.3) is 0 Å². The van der Waals surface area contributed by atoms with E-state index in [-0.39, 0.29) is 6.61 Å². The summed E-state index contributed by atoms with van der Waals surface area (Å²) in [6, 6.07) is 9.38. The van der Waals surface area contributed by atoms with Crippen LogP contribution in [-0.4, -0.2) is 28.9 Å². The highest BCUT2D eigenvalue weighted by Gasteiger charge is 2.28. The molecule has 0 saturated carbocycles. The standard InChI is InChI=1S/C21H36O4/c1-3-4-5-6-7-8-9-13-16-21(23,17-18-24-19(2)22)25-20-14-11-10-12-15-20/h10-12,14-15,19,22-23H,3-9,13,16-18H2,1-2H3. The molecule has 25 heavy (non-hydrogen) atoms. The van der Waals surface area contributed by atoms with Crippen LogP contribution < -0.4 is 4.74 Å². The molecule has 0 aromatic heterocycles. The molecule has 1 rings (SSSR count). The normalized spacial score (nSPS) is 14.9. The first-order valence-electron chi connectivity index (χ1n) is 9.82. The van der Waals surface area contributed by atoms with Gasteiger partial charge in [-0.25, -0.2) is 0 Å². The number of hydrogen-bond donors (Lipinski definition) is 2. The maximum atomic E-state index is 10.9. The van der Waals surface area contributed by atoms with Gasteiger partial charge in [0.15, 0.2) is 6.29 Å². The van der Waals surface area contributed by atoms with E-state index in [1.165, 1.54) is 38.5 Å². The third kappa shape index (κ3) is 11.2. The van der Waals surface area contributed by atoms with E-state index < -0.39 is 12.1 Å². The molecule has 0 heterocycles. The van der Waals surface area contributed by atoms with Crippen molar-refractivity contribution in [2.75, 3.05) is 6.61 Å². The van der Waals surface area contributed by atoms with Gasteiger partial charge >= 0.3 is 0 Å². The SMILES string of the molecule is CCCCCCCCCCC(O)(CCOC(C)O)Oc1ccccc1. The van der Waals surface area contributed by atoms with Gasteiger partial charge in [-0.3, -0.25) is 0 Å². The van der Waals surface area contributed by atoms with E-state index >= 15 is 0 Å². The zero-order valence-electron chi connectivity index (χ0n) is 16.0. The lowest BCUT2D eigenvalue weighted by atomic mass is 10.0. The molecular formula is C21H36O4. The Balaban J connectivity index is 2.37. The van der Waals surface area contributed by atoms with Crippen molar-refractivity contribution in [2.24, 2.45) is 0 Å². The molecule has 2 unspecified atom stereocenters. The van der Waals surface area contributed by atoms with Crippen LogP contribution in [0.3, 0.4) is 0 Å². The quantitative estimate of drug-likeness (QED) is 0.343. The zero-order chi connectivity index (χ0) is 18.4. The van der Waals surface area contributed by atoms with Crippen LogP contribution in [0.5, 0.6) is 5.75 Å². The summed E-state index contributed by atoms with van der Waals surface area (Å²) >= 11 is 0. The van der Waals surface area contributed by atoms with Gasteiger partial charge in [0, 0.05) is 12.8 Å². The van der Waals surface area contributed by atoms with E-state index in [1.54, 1.807) is 6.92 Å². The van der Waals surface area contributed by atoms with Crippen molar-refractivity contribution < 1.29 is 19.7 Å². The Morgan fingerprint density at radius 1 is 0.920 bits per heavy atom. The lowest BCUT2D eigenvalue weighted by molar-refractivity contribution is -0.172. The number of rotatable bonds is 15. The molecule has 1 aromatic carbocycles. The molecule has 0 aliphatic rings. The van der Waals surface area contributed by atoms with Gasteiger partial charge in [0.1, 0.15) is 5.75 Å². The van der Waals surface area contributed by atoms with Crippen LogP contribution in [0.4, 0.5) is 0 Å². The lowest BCUT2D eigenvalue weighted by Gasteiger charge is -2.29. The van der Waals surface area contributed by atoms with E-state index in [0.717, 1.165) is 12.8 Å². The Morgan fingerprint density at radius 3 is 2.12 bits per heavy atom. The van der Waals surface area contributed by atoms with Gasteiger partial charge in [0.25, 0.3) is 0 Å². The van der Waals surface area contributed by atoms with Gasteiger partial charge in [0.05, 0.1) is 6.61 Å². The molecule has 4 nitrogen and oxygen atoms in total. The minimum atomic E-state index is -1.25. The second kappa shape index (κ2) is 13.2. The molecule has 1 aromatic rings. The molecule has 0 radical (unpaired) electrons. The molecule has 0 aliphatic heterocycles. The fourth-order valence-corrected chi connectivity index (χ4v) is 2.86. The van der Waals surface area contributed by atoms with E-state index in [9.17, 15) is 10.2 Å². The minimum absolute atomic E-state index is 0.262. The Labute approximate surface area is 153 Å². The number of unbranched alkanes of at least 4 members (excludes halogenated alkanes) is 7. The van der Waals surface area contributed by atoms with Gasteiger partial charge < -0.3 is 19.7 Å². The molecule has 0 amide bonds. The first kappa shape index (κ1) is 21.9. The van der Waals surface area contributed by atoms with Crippen molar-refractivity contribution in [1.29, 1.82) is 0 Å². The van der Waals surface area contributed by atoms with Crippen molar-refractivity contribution in [3.63, 3.8) is 0 Å². The van der Waals surface area contributed by atoms with Crippen LogP contribution in [0.2, 0.25) is 0 Å². The van der Waals surface area contributed by atoms with Crippen molar-refractivity contribution in [1.82, 2.24) is 0 Å². The van der Waals surface area contributed by atoms with Gasteiger partial charge in [-0.05, 0) is 25.5 Å². The zero-order valence-corrected chi connectivity index (χ0v) is 16.0. The third-order valence-corrected chi connectivity index (χ3v) is 4.32. The Bertz CT molecular complexity index is 421. The molecule has 144 valence electrons. The average Bonchev–Trinajstić information content (AvgIpc) is 2.58. The number of benzene rings is 1. The molecular weight excluding hydrogens is 316 g/mol. The number of ether oxygens (including phenoxy) is 2. The van der Waals surface area contributed by atoms with E-state index in [0.29, 0.717) is 18.6 Å². The summed E-state index contributed by atoms with van der Waals surface area (Å²) < 4.78 is 11.0. The van der Waals surface area contributed by atoms with E-state index in [4.69, 9.17) is 9.47 Å². The molecule has 2 N–H and O–H groups in total. The monoisotopic (exact) mass is 352 g/mol. The first-order chi connectivity index (χ1) is 12.1. The predicted molar refractivity (Wildman–Crippen MR) is 101 cm³/mol. The van der Waals surface area contributed by atoms with Gasteiger partial charge in [0.2, 0.25) is 5.79 Å². The maximum Gasteiger partial charge on any atom is 0.210 e. The van der Waals surface area contributed by atoms with Crippen molar-refractivity contribution in [3.8, 4) is 5.75 Å². The number of hydrogen-bond acceptors (Lipinski definition) is 4. The average molecular weight is 353 g/mol. The fourth-order valence-electron chi connectivity index (χ4n) is 2.86. The van der Waals surface area contributed by atoms with Crippen LogP contribution >= 0.6 is 0 Å². The summed E-state index contributed by atoms with van der Waals surface area (Å²) in [5, 5.41) is 20.1. The van der Waals surface area contributed by atoms with Crippen molar-refractivity contribution >= 4 is 0 Å². The fraction of sp³-hybridized carbons (Fsp3) is 0.714. The highest BCUT2D eigenvalue weighted by Crippen LogP contribution is 2.25. The highest BCUT2D eigenvalue weighted by atomic mass is 16.6. The van der Waals surface area contributed by atoms with Gasteiger partial charge in [-0.2, -0.15) is 0 Å². The molecule has 2 atom stereocenters. The second-order valence-electron chi connectivity index (χ2n) is 6.81. The van der Waals surface area contributed by atoms with Crippen molar-refractivity contribution in [3.05, 3.63) is 30.3 Å². The van der Waals surface area contributed by atoms with Crippen LogP contribution in [-0.2, 0) is 4.74 Å². The number of para-hydroxylation sites is 1. The maximum absolute atomic E-state index is 10.9. The first-order valence-corrected chi connectivity index (χ1v) is 9.82. The van der Waals surface area contributed by atoms with E-state index in [1.807, 2.05) is 30.3 Å². The molecule has 4 heteroatoms. The summed E-state index contributed by atoms with van der Waals surface area (Å²) in [5.41, 5.74) is 0. The van der Waals surface area contributed by atoms with E-state index in [2.05, 4.69) is 6.92 Å². The van der Waals surface area contributed by atoms with Crippen LogP contribution in [0, 0.1) is 0 Å². The van der Waals surface area contributed by atoms with Crippen molar-refractivity contribution in [2.45, 2.75) is 90.1 Å².